The number of nitrogens with one attached hydrogen (secondary N) is 1. The maximum absolute atomic E-state index is 12.3. The Morgan fingerprint density at radius 1 is 1.25 bits per heavy atom. The van der Waals surface area contributed by atoms with E-state index < -0.39 is 0 Å². The molecule has 2 aromatic rings. The molecule has 24 heavy (non-hydrogen) atoms. The van der Waals surface area contributed by atoms with Crippen LogP contribution in [0.5, 0.6) is 0 Å². The van der Waals surface area contributed by atoms with Crippen LogP contribution in [0.2, 0.25) is 0 Å². The van der Waals surface area contributed by atoms with Crippen LogP contribution in [0.1, 0.15) is 15.4 Å². The number of aliphatic imine (C=N–C) groups is 1. The van der Waals surface area contributed by atoms with E-state index in [-0.39, 0.29) is 29.9 Å². The molecule has 0 spiro atoms. The summed E-state index contributed by atoms with van der Waals surface area (Å²) in [6.45, 7) is 3.63. The van der Waals surface area contributed by atoms with Gasteiger partial charge in [-0.15, -0.1) is 35.3 Å². The van der Waals surface area contributed by atoms with Crippen molar-refractivity contribution in [3.63, 3.8) is 0 Å². The molecule has 1 N–H and O–H groups in total. The van der Waals surface area contributed by atoms with Crippen molar-refractivity contribution in [2.75, 3.05) is 33.2 Å². The predicted molar refractivity (Wildman–Crippen MR) is 106 cm³/mol. The minimum Gasteiger partial charge on any atom is -0.459 e. The van der Waals surface area contributed by atoms with E-state index in [1.165, 1.54) is 11.1 Å². The molecule has 1 aliphatic rings. The topological polar surface area (TPSA) is 61.1 Å². The van der Waals surface area contributed by atoms with Gasteiger partial charge in [0.25, 0.3) is 5.91 Å². The number of carbonyl (C=O) groups is 1. The number of guanidine groups is 1. The first-order valence-corrected chi connectivity index (χ1v) is 8.46. The van der Waals surface area contributed by atoms with E-state index in [0.717, 1.165) is 25.6 Å². The molecule has 1 aliphatic heterocycles. The number of carbonyl (C=O) groups excluding carboxylic acids is 1. The molecule has 1 saturated heterocycles. The highest BCUT2D eigenvalue weighted by molar-refractivity contribution is 14.0. The summed E-state index contributed by atoms with van der Waals surface area (Å²) in [6.07, 6.45) is 1.53. The van der Waals surface area contributed by atoms with E-state index >= 15 is 0 Å². The van der Waals surface area contributed by atoms with Gasteiger partial charge >= 0.3 is 0 Å². The van der Waals surface area contributed by atoms with Crippen LogP contribution < -0.4 is 5.32 Å². The zero-order chi connectivity index (χ0) is 16.1. The summed E-state index contributed by atoms with van der Waals surface area (Å²) in [4.78, 5) is 21.9. The van der Waals surface area contributed by atoms with Crippen molar-refractivity contribution >= 4 is 47.2 Å². The quantitative estimate of drug-likeness (QED) is 0.435. The molecule has 0 bridgehead atoms. The van der Waals surface area contributed by atoms with Crippen LogP contribution in [0.25, 0.3) is 0 Å². The average Bonchev–Trinajstić information content (AvgIpc) is 3.29. The van der Waals surface area contributed by atoms with Gasteiger partial charge in [-0.3, -0.25) is 9.79 Å². The molecule has 0 unspecified atom stereocenters. The maximum atomic E-state index is 12.3. The lowest BCUT2D eigenvalue weighted by molar-refractivity contribution is 0.0657. The third-order valence-corrected chi connectivity index (χ3v) is 4.69. The van der Waals surface area contributed by atoms with E-state index in [1.54, 1.807) is 30.5 Å². The summed E-state index contributed by atoms with van der Waals surface area (Å²) in [5.41, 5.74) is 0. The van der Waals surface area contributed by atoms with Crippen LogP contribution in [0, 0.1) is 0 Å². The molecule has 8 heteroatoms. The molecule has 130 valence electrons. The number of piperazine rings is 1. The number of amides is 1. The monoisotopic (exact) mass is 460 g/mol. The van der Waals surface area contributed by atoms with Gasteiger partial charge in [0, 0.05) is 38.1 Å². The Morgan fingerprint density at radius 3 is 2.58 bits per heavy atom. The van der Waals surface area contributed by atoms with Crippen molar-refractivity contribution in [1.29, 1.82) is 0 Å². The number of furan rings is 1. The van der Waals surface area contributed by atoms with Crippen LogP contribution in [-0.2, 0) is 6.54 Å². The van der Waals surface area contributed by atoms with E-state index in [9.17, 15) is 4.79 Å². The van der Waals surface area contributed by atoms with Crippen LogP contribution in [0.15, 0.2) is 45.3 Å². The SMILES string of the molecule is CN=C(NCc1cccs1)N1CCN(C(=O)c2ccco2)CC1.I. The van der Waals surface area contributed by atoms with E-state index in [1.807, 2.05) is 11.0 Å². The van der Waals surface area contributed by atoms with Crippen LogP contribution in [-0.4, -0.2) is 54.9 Å². The van der Waals surface area contributed by atoms with Gasteiger partial charge in [0.15, 0.2) is 11.7 Å². The minimum atomic E-state index is -0.0452. The predicted octanol–water partition coefficient (Wildman–Crippen LogP) is 2.49. The Hall–Kier alpha value is -1.55. The second-order valence-electron chi connectivity index (χ2n) is 5.24. The number of hydrogen-bond acceptors (Lipinski definition) is 4. The zero-order valence-electron chi connectivity index (χ0n) is 13.5. The number of thiophene rings is 1. The molecule has 1 fully saturated rings. The highest BCUT2D eigenvalue weighted by Crippen LogP contribution is 2.11. The number of nitrogens with zero attached hydrogens (tertiary/aromatic N) is 3. The Balaban J connectivity index is 0.00000208. The lowest BCUT2D eigenvalue weighted by Gasteiger charge is -2.36. The van der Waals surface area contributed by atoms with Crippen molar-refractivity contribution in [2.45, 2.75) is 6.54 Å². The molecule has 0 saturated carbocycles. The fourth-order valence-electron chi connectivity index (χ4n) is 2.59. The summed E-state index contributed by atoms with van der Waals surface area (Å²) in [5.74, 6) is 1.23. The summed E-state index contributed by atoms with van der Waals surface area (Å²) >= 11 is 1.73. The van der Waals surface area contributed by atoms with Crippen LogP contribution in [0.4, 0.5) is 0 Å². The third kappa shape index (κ3) is 4.50. The van der Waals surface area contributed by atoms with Gasteiger partial charge in [-0.25, -0.2) is 0 Å². The Labute approximate surface area is 162 Å². The van der Waals surface area contributed by atoms with Gasteiger partial charge in [0.05, 0.1) is 12.8 Å². The number of rotatable bonds is 3. The first kappa shape index (κ1) is 18.8. The normalized spacial score (nSPS) is 15.1. The molecule has 1 amide bonds. The Morgan fingerprint density at radius 2 is 2.00 bits per heavy atom. The van der Waals surface area contributed by atoms with Crippen LogP contribution in [0.3, 0.4) is 0 Å². The van der Waals surface area contributed by atoms with Gasteiger partial charge in [-0.05, 0) is 23.6 Å². The van der Waals surface area contributed by atoms with E-state index in [2.05, 4.69) is 26.7 Å². The Bertz CT molecular complexity index is 650. The van der Waals surface area contributed by atoms with Gasteiger partial charge in [0.1, 0.15) is 0 Å². The van der Waals surface area contributed by atoms with E-state index in [4.69, 9.17) is 4.42 Å². The van der Waals surface area contributed by atoms with Gasteiger partial charge < -0.3 is 19.5 Å². The Kier molecular flexibility index (Phi) is 7.10. The summed E-state index contributed by atoms with van der Waals surface area (Å²) in [6, 6.07) is 7.59. The fourth-order valence-corrected chi connectivity index (χ4v) is 3.23. The lowest BCUT2D eigenvalue weighted by atomic mass is 10.3. The standard InChI is InChI=1S/C16H20N4O2S.HI/c1-17-16(18-12-13-4-3-11-23-13)20-8-6-19(7-9-20)15(21)14-5-2-10-22-14;/h2-5,10-11H,6-9,12H2,1H3,(H,17,18);1H. The molecule has 0 radical (unpaired) electrons. The second kappa shape index (κ2) is 9.07. The summed E-state index contributed by atoms with van der Waals surface area (Å²) in [7, 11) is 1.79. The summed E-state index contributed by atoms with van der Waals surface area (Å²) in [5, 5.41) is 5.45. The molecular weight excluding hydrogens is 439 g/mol. The summed E-state index contributed by atoms with van der Waals surface area (Å²) < 4.78 is 5.18. The molecule has 2 aromatic heterocycles. The van der Waals surface area contributed by atoms with Crippen molar-refractivity contribution in [1.82, 2.24) is 15.1 Å². The highest BCUT2D eigenvalue weighted by Gasteiger charge is 2.25. The minimum absolute atomic E-state index is 0. The third-order valence-electron chi connectivity index (χ3n) is 3.81. The molecule has 0 atom stereocenters. The van der Waals surface area contributed by atoms with Gasteiger partial charge in [0.2, 0.25) is 0 Å². The number of halogens is 1. The molecule has 0 aromatic carbocycles. The molecule has 3 heterocycles. The van der Waals surface area contributed by atoms with Crippen LogP contribution >= 0.6 is 35.3 Å². The zero-order valence-corrected chi connectivity index (χ0v) is 16.6. The smallest absolute Gasteiger partial charge is 0.289 e. The van der Waals surface area contributed by atoms with Crippen molar-refractivity contribution in [3.05, 3.63) is 46.5 Å². The fraction of sp³-hybridized carbons (Fsp3) is 0.375. The van der Waals surface area contributed by atoms with Crippen molar-refractivity contribution in [2.24, 2.45) is 4.99 Å². The molecule has 0 aliphatic carbocycles. The second-order valence-corrected chi connectivity index (χ2v) is 6.27. The van der Waals surface area contributed by atoms with Crippen molar-refractivity contribution in [3.8, 4) is 0 Å². The molecule has 6 nitrogen and oxygen atoms in total. The first-order chi connectivity index (χ1) is 11.3. The van der Waals surface area contributed by atoms with Gasteiger partial charge in [-0.1, -0.05) is 6.07 Å². The largest absolute Gasteiger partial charge is 0.459 e. The average molecular weight is 460 g/mol. The molecule has 3 rings (SSSR count). The molecular formula is C16H21IN4O2S. The maximum Gasteiger partial charge on any atom is 0.289 e. The number of hydrogen-bond donors (Lipinski definition) is 1. The lowest BCUT2D eigenvalue weighted by Crippen LogP contribution is -2.53. The highest BCUT2D eigenvalue weighted by atomic mass is 127. The van der Waals surface area contributed by atoms with E-state index in [0.29, 0.717) is 18.8 Å². The van der Waals surface area contributed by atoms with Gasteiger partial charge in [-0.2, -0.15) is 0 Å². The first-order valence-electron chi connectivity index (χ1n) is 7.58. The van der Waals surface area contributed by atoms with Crippen molar-refractivity contribution < 1.29 is 9.21 Å².